The van der Waals surface area contributed by atoms with E-state index in [9.17, 15) is 9.90 Å². The fourth-order valence-electron chi connectivity index (χ4n) is 2.30. The van der Waals surface area contributed by atoms with Crippen LogP contribution in [0.5, 0.6) is 0 Å². The summed E-state index contributed by atoms with van der Waals surface area (Å²) in [6, 6.07) is 5.97. The van der Waals surface area contributed by atoms with Gasteiger partial charge in [-0.3, -0.25) is 9.69 Å². The molecule has 1 amide bonds. The van der Waals surface area contributed by atoms with Gasteiger partial charge in [0, 0.05) is 15.8 Å². The molecule has 0 spiro atoms. The van der Waals surface area contributed by atoms with Crippen molar-refractivity contribution in [2.24, 2.45) is 0 Å². The van der Waals surface area contributed by atoms with Gasteiger partial charge in [-0.1, -0.05) is 0 Å². The number of aliphatic hydroxyl groups excluding tert-OH is 1. The second-order valence-electron chi connectivity index (χ2n) is 4.72. The highest BCUT2D eigenvalue weighted by Gasteiger charge is 2.30. The van der Waals surface area contributed by atoms with Crippen molar-refractivity contribution in [3.05, 3.63) is 34.2 Å². The normalized spacial score (nSPS) is 19.4. The third-order valence-electron chi connectivity index (χ3n) is 3.18. The quantitative estimate of drug-likeness (QED) is 0.922. The molecule has 1 fully saturated rings. The molecule has 19 heavy (non-hydrogen) atoms. The van der Waals surface area contributed by atoms with Gasteiger partial charge in [0.15, 0.2) is 0 Å². The summed E-state index contributed by atoms with van der Waals surface area (Å²) in [5, 5.41) is 13.8. The van der Waals surface area contributed by atoms with E-state index in [0.717, 1.165) is 5.82 Å². The fraction of sp³-hybridized carbons (Fsp3) is 0.385. The minimum Gasteiger partial charge on any atom is -0.391 e. The van der Waals surface area contributed by atoms with Crippen LogP contribution in [-0.2, 0) is 11.3 Å². The van der Waals surface area contributed by atoms with Crippen LogP contribution in [-0.4, -0.2) is 33.4 Å². The van der Waals surface area contributed by atoms with E-state index < -0.39 is 6.10 Å². The van der Waals surface area contributed by atoms with E-state index in [1.54, 1.807) is 27.1 Å². The molecule has 2 aromatic rings. The number of rotatable bonds is 3. The molecule has 0 saturated carbocycles. The number of hydrogen-bond acceptors (Lipinski definition) is 4. The van der Waals surface area contributed by atoms with Gasteiger partial charge in [0.25, 0.3) is 0 Å². The Bertz CT molecular complexity index is 605. The molecule has 6 heteroatoms. The zero-order chi connectivity index (χ0) is 13.4. The molecule has 0 radical (unpaired) electrons. The Balaban J connectivity index is 1.84. The van der Waals surface area contributed by atoms with Crippen molar-refractivity contribution < 1.29 is 9.90 Å². The number of anilines is 1. The monoisotopic (exact) mass is 277 g/mol. The van der Waals surface area contributed by atoms with Gasteiger partial charge in [0.2, 0.25) is 5.91 Å². The van der Waals surface area contributed by atoms with Crippen LogP contribution in [0.2, 0.25) is 0 Å². The van der Waals surface area contributed by atoms with Gasteiger partial charge in [-0.25, -0.2) is 4.68 Å². The third-order valence-corrected chi connectivity index (χ3v) is 4.16. The first-order valence-electron chi connectivity index (χ1n) is 6.19. The highest BCUT2D eigenvalue weighted by atomic mass is 32.1. The molecule has 1 N–H and O–H groups in total. The molecule has 2 aromatic heterocycles. The number of aryl methyl sites for hydroxylation is 1. The average Bonchev–Trinajstić information content (AvgIpc) is 3.02. The van der Waals surface area contributed by atoms with Crippen LogP contribution in [0.25, 0.3) is 0 Å². The second-order valence-corrected chi connectivity index (χ2v) is 6.09. The third kappa shape index (κ3) is 2.41. The van der Waals surface area contributed by atoms with Crippen LogP contribution in [0.15, 0.2) is 24.4 Å². The summed E-state index contributed by atoms with van der Waals surface area (Å²) in [6.07, 6.45) is 1.32. The van der Waals surface area contributed by atoms with Gasteiger partial charge >= 0.3 is 0 Å². The molecule has 1 saturated heterocycles. The van der Waals surface area contributed by atoms with Gasteiger partial charge in [-0.2, -0.15) is 5.10 Å². The van der Waals surface area contributed by atoms with E-state index in [4.69, 9.17) is 0 Å². The molecule has 1 unspecified atom stereocenters. The number of thiophene rings is 1. The average molecular weight is 277 g/mol. The summed E-state index contributed by atoms with van der Waals surface area (Å²) in [7, 11) is 0. The zero-order valence-electron chi connectivity index (χ0n) is 10.6. The van der Waals surface area contributed by atoms with Crippen LogP contribution < -0.4 is 4.90 Å². The topological polar surface area (TPSA) is 58.4 Å². The minimum absolute atomic E-state index is 0.0448. The van der Waals surface area contributed by atoms with Gasteiger partial charge in [-0.15, -0.1) is 11.3 Å². The first-order chi connectivity index (χ1) is 9.13. The van der Waals surface area contributed by atoms with Crippen molar-refractivity contribution in [2.45, 2.75) is 26.0 Å². The molecule has 3 heterocycles. The number of hydrogen-bond donors (Lipinski definition) is 1. The molecule has 1 atom stereocenters. The maximum Gasteiger partial charge on any atom is 0.230 e. The maximum absolute atomic E-state index is 11.8. The number of aliphatic hydroxyl groups is 1. The SMILES string of the molecule is Cc1ccc(Cn2nccc2N2CC(O)CC2=O)s1. The lowest BCUT2D eigenvalue weighted by atomic mass is 10.3. The van der Waals surface area contributed by atoms with Crippen molar-refractivity contribution >= 4 is 23.1 Å². The smallest absolute Gasteiger partial charge is 0.230 e. The van der Waals surface area contributed by atoms with Crippen molar-refractivity contribution in [2.75, 3.05) is 11.4 Å². The summed E-state index contributed by atoms with van der Waals surface area (Å²) in [5.74, 6) is 0.712. The number of carbonyl (C=O) groups excluding carboxylic acids is 1. The summed E-state index contributed by atoms with van der Waals surface area (Å²) in [6.45, 7) is 3.08. The molecule has 5 nitrogen and oxygen atoms in total. The van der Waals surface area contributed by atoms with E-state index >= 15 is 0 Å². The van der Waals surface area contributed by atoms with Crippen LogP contribution in [0, 0.1) is 6.92 Å². The van der Waals surface area contributed by atoms with E-state index in [2.05, 4.69) is 24.2 Å². The van der Waals surface area contributed by atoms with E-state index in [1.807, 2.05) is 6.07 Å². The van der Waals surface area contributed by atoms with E-state index in [-0.39, 0.29) is 12.3 Å². The molecule has 100 valence electrons. The van der Waals surface area contributed by atoms with Gasteiger partial charge in [0.05, 0.1) is 31.8 Å². The van der Waals surface area contributed by atoms with Crippen molar-refractivity contribution in [3.8, 4) is 0 Å². The first-order valence-corrected chi connectivity index (χ1v) is 7.00. The van der Waals surface area contributed by atoms with E-state index in [0.29, 0.717) is 13.1 Å². The highest BCUT2D eigenvalue weighted by Crippen LogP contribution is 2.23. The molecular weight excluding hydrogens is 262 g/mol. The Morgan fingerprint density at radius 2 is 2.32 bits per heavy atom. The number of aromatic nitrogens is 2. The molecule has 0 aliphatic carbocycles. The predicted molar refractivity (Wildman–Crippen MR) is 73.4 cm³/mol. The van der Waals surface area contributed by atoms with E-state index in [1.165, 1.54) is 9.75 Å². The van der Waals surface area contributed by atoms with Gasteiger partial charge in [0.1, 0.15) is 5.82 Å². The highest BCUT2D eigenvalue weighted by molar-refractivity contribution is 7.11. The van der Waals surface area contributed by atoms with Gasteiger partial charge < -0.3 is 5.11 Å². The molecule has 0 bridgehead atoms. The predicted octanol–water partition coefficient (Wildman–Crippen LogP) is 1.40. The van der Waals surface area contributed by atoms with Crippen molar-refractivity contribution in [3.63, 3.8) is 0 Å². The molecule has 1 aliphatic rings. The lowest BCUT2D eigenvalue weighted by Crippen LogP contribution is -2.28. The first kappa shape index (κ1) is 12.4. The Labute approximate surface area is 115 Å². The number of nitrogens with zero attached hydrogens (tertiary/aromatic N) is 3. The number of β-amino-alcohol motifs (C(OH)–C–C–N with tert-alkyl or cyclic N) is 1. The summed E-state index contributed by atoms with van der Waals surface area (Å²) < 4.78 is 1.81. The molecular formula is C13H15N3O2S. The van der Waals surface area contributed by atoms with Gasteiger partial charge in [-0.05, 0) is 19.1 Å². The lowest BCUT2D eigenvalue weighted by molar-refractivity contribution is -0.117. The Hall–Kier alpha value is -1.66. The number of carbonyl (C=O) groups is 1. The molecule has 0 aromatic carbocycles. The summed E-state index contributed by atoms with van der Waals surface area (Å²) in [5.41, 5.74) is 0. The lowest BCUT2D eigenvalue weighted by Gasteiger charge is -2.17. The van der Waals surface area contributed by atoms with Crippen LogP contribution in [0.4, 0.5) is 5.82 Å². The Kier molecular flexibility index (Phi) is 3.12. The second kappa shape index (κ2) is 4.79. The van der Waals surface area contributed by atoms with Crippen LogP contribution >= 0.6 is 11.3 Å². The Morgan fingerprint density at radius 3 is 2.95 bits per heavy atom. The van der Waals surface area contributed by atoms with Crippen LogP contribution in [0.1, 0.15) is 16.2 Å². The molecule has 1 aliphatic heterocycles. The fourth-order valence-corrected chi connectivity index (χ4v) is 3.18. The zero-order valence-corrected chi connectivity index (χ0v) is 11.4. The molecule has 3 rings (SSSR count). The summed E-state index contributed by atoms with van der Waals surface area (Å²) >= 11 is 1.72. The number of amides is 1. The maximum atomic E-state index is 11.8. The minimum atomic E-state index is -0.570. The largest absolute Gasteiger partial charge is 0.391 e. The van der Waals surface area contributed by atoms with Crippen molar-refractivity contribution in [1.82, 2.24) is 9.78 Å². The van der Waals surface area contributed by atoms with Crippen LogP contribution in [0.3, 0.4) is 0 Å². The standard InChI is InChI=1S/C13H15N3O2S/c1-9-2-3-11(19-9)8-16-12(4-5-14-16)15-7-10(17)6-13(15)18/h2-5,10,17H,6-8H2,1H3. The Morgan fingerprint density at radius 1 is 1.47 bits per heavy atom. The summed E-state index contributed by atoms with van der Waals surface area (Å²) in [4.78, 5) is 15.9. The van der Waals surface area contributed by atoms with Crippen molar-refractivity contribution in [1.29, 1.82) is 0 Å².